The first-order valence-corrected chi connectivity index (χ1v) is 10.8. The van der Waals surface area contributed by atoms with Gasteiger partial charge in [-0.25, -0.2) is 14.4 Å². The highest BCUT2D eigenvalue weighted by Gasteiger charge is 2.27. The lowest BCUT2D eigenvalue weighted by molar-refractivity contribution is 0.164. The SMILES string of the molecule is Cc1cc(-c2noc(C(C)N3CCN(c4ncnc5sccc45)CC3)n2)ccc1F. The molecule has 0 spiro atoms. The van der Waals surface area contributed by atoms with Gasteiger partial charge < -0.3 is 9.42 Å². The second-order valence-electron chi connectivity index (χ2n) is 7.46. The lowest BCUT2D eigenvalue weighted by atomic mass is 10.1. The Labute approximate surface area is 177 Å². The van der Waals surface area contributed by atoms with Gasteiger partial charge >= 0.3 is 0 Å². The van der Waals surface area contributed by atoms with Crippen molar-refractivity contribution in [1.29, 1.82) is 0 Å². The molecule has 4 aromatic rings. The first-order chi connectivity index (χ1) is 14.6. The third-order valence-corrected chi connectivity index (χ3v) is 6.44. The smallest absolute Gasteiger partial charge is 0.244 e. The lowest BCUT2D eigenvalue weighted by Gasteiger charge is -2.37. The predicted octanol–water partition coefficient (Wildman–Crippen LogP) is 4.07. The highest BCUT2D eigenvalue weighted by Crippen LogP contribution is 2.29. The van der Waals surface area contributed by atoms with E-state index in [1.54, 1.807) is 36.7 Å². The van der Waals surface area contributed by atoms with E-state index in [1.807, 2.05) is 0 Å². The van der Waals surface area contributed by atoms with Gasteiger partial charge in [0, 0.05) is 31.7 Å². The largest absolute Gasteiger partial charge is 0.353 e. The molecule has 1 fully saturated rings. The van der Waals surface area contributed by atoms with Gasteiger partial charge in [0.15, 0.2) is 0 Å². The van der Waals surface area contributed by atoms with Gasteiger partial charge in [0.25, 0.3) is 0 Å². The molecule has 5 rings (SSSR count). The lowest BCUT2D eigenvalue weighted by Crippen LogP contribution is -2.47. The highest BCUT2D eigenvalue weighted by atomic mass is 32.1. The molecule has 1 aliphatic heterocycles. The van der Waals surface area contributed by atoms with Crippen molar-refractivity contribution in [2.24, 2.45) is 0 Å². The zero-order valence-electron chi connectivity index (χ0n) is 16.7. The Bertz CT molecular complexity index is 1180. The Morgan fingerprint density at radius 3 is 2.77 bits per heavy atom. The van der Waals surface area contributed by atoms with Gasteiger partial charge in [0.2, 0.25) is 11.7 Å². The number of halogens is 1. The molecule has 1 aliphatic rings. The molecule has 0 saturated carbocycles. The third-order valence-electron chi connectivity index (χ3n) is 5.62. The molecular formula is C21H21FN6OS. The van der Waals surface area contributed by atoms with Crippen LogP contribution in [0.3, 0.4) is 0 Å². The van der Waals surface area contributed by atoms with Gasteiger partial charge in [-0.05, 0) is 49.1 Å². The second kappa shape index (κ2) is 7.73. The van der Waals surface area contributed by atoms with Crippen molar-refractivity contribution < 1.29 is 8.91 Å². The van der Waals surface area contributed by atoms with Crippen LogP contribution in [-0.4, -0.2) is 51.2 Å². The number of benzene rings is 1. The molecule has 154 valence electrons. The van der Waals surface area contributed by atoms with E-state index in [0.717, 1.165) is 47.8 Å². The Morgan fingerprint density at radius 2 is 1.97 bits per heavy atom. The number of nitrogens with zero attached hydrogens (tertiary/aromatic N) is 6. The van der Waals surface area contributed by atoms with Gasteiger partial charge in [-0.2, -0.15) is 4.98 Å². The maximum Gasteiger partial charge on any atom is 0.244 e. The number of hydrogen-bond acceptors (Lipinski definition) is 8. The summed E-state index contributed by atoms with van der Waals surface area (Å²) in [4.78, 5) is 19.1. The first kappa shape index (κ1) is 19.1. The number of aryl methyl sites for hydroxylation is 1. The normalized spacial score (nSPS) is 16.3. The fraction of sp³-hybridized carbons (Fsp3) is 0.333. The average molecular weight is 425 g/mol. The van der Waals surface area contributed by atoms with E-state index in [0.29, 0.717) is 17.3 Å². The van der Waals surface area contributed by atoms with Gasteiger partial charge in [-0.3, -0.25) is 4.90 Å². The summed E-state index contributed by atoms with van der Waals surface area (Å²) < 4.78 is 19.1. The minimum atomic E-state index is -0.239. The van der Waals surface area contributed by atoms with E-state index in [1.165, 1.54) is 6.07 Å². The van der Waals surface area contributed by atoms with E-state index in [-0.39, 0.29) is 11.9 Å². The van der Waals surface area contributed by atoms with Crippen LogP contribution < -0.4 is 4.90 Å². The molecule has 30 heavy (non-hydrogen) atoms. The van der Waals surface area contributed by atoms with Crippen molar-refractivity contribution in [2.45, 2.75) is 19.9 Å². The molecule has 7 nitrogen and oxygen atoms in total. The number of piperazine rings is 1. The molecule has 1 saturated heterocycles. The topological polar surface area (TPSA) is 71.2 Å². The molecule has 0 bridgehead atoms. The summed E-state index contributed by atoms with van der Waals surface area (Å²) >= 11 is 1.63. The van der Waals surface area contributed by atoms with Crippen LogP contribution in [0.15, 0.2) is 40.5 Å². The zero-order valence-corrected chi connectivity index (χ0v) is 17.6. The number of hydrogen-bond donors (Lipinski definition) is 0. The van der Waals surface area contributed by atoms with Crippen molar-refractivity contribution in [1.82, 2.24) is 25.0 Å². The molecule has 0 amide bonds. The summed E-state index contributed by atoms with van der Waals surface area (Å²) in [7, 11) is 0. The van der Waals surface area contributed by atoms with Crippen LogP contribution in [-0.2, 0) is 0 Å². The molecule has 3 aromatic heterocycles. The highest BCUT2D eigenvalue weighted by molar-refractivity contribution is 7.16. The maximum atomic E-state index is 13.5. The van der Waals surface area contributed by atoms with Crippen LogP contribution in [0, 0.1) is 12.7 Å². The molecule has 1 atom stereocenters. The molecule has 9 heteroatoms. The zero-order chi connectivity index (χ0) is 20.7. The third kappa shape index (κ3) is 3.44. The number of aromatic nitrogens is 4. The van der Waals surface area contributed by atoms with Crippen LogP contribution in [0.25, 0.3) is 21.6 Å². The predicted molar refractivity (Wildman–Crippen MR) is 114 cm³/mol. The van der Waals surface area contributed by atoms with Crippen LogP contribution in [0.5, 0.6) is 0 Å². The molecule has 0 aliphatic carbocycles. The maximum absolute atomic E-state index is 13.5. The van der Waals surface area contributed by atoms with Gasteiger partial charge in [-0.1, -0.05) is 5.16 Å². The number of fused-ring (bicyclic) bond motifs is 1. The molecule has 0 radical (unpaired) electrons. The van der Waals surface area contributed by atoms with E-state index in [2.05, 4.69) is 48.3 Å². The van der Waals surface area contributed by atoms with Gasteiger partial charge in [-0.15, -0.1) is 11.3 Å². The van der Waals surface area contributed by atoms with E-state index >= 15 is 0 Å². The number of thiophene rings is 1. The summed E-state index contributed by atoms with van der Waals surface area (Å²) in [5.74, 6) is 1.82. The Morgan fingerprint density at radius 1 is 1.13 bits per heavy atom. The molecule has 1 unspecified atom stereocenters. The average Bonchev–Trinajstić information content (AvgIpc) is 3.45. The molecule has 1 aromatic carbocycles. The number of anilines is 1. The Balaban J connectivity index is 1.28. The van der Waals surface area contributed by atoms with Crippen molar-refractivity contribution in [2.75, 3.05) is 31.1 Å². The van der Waals surface area contributed by atoms with Crippen molar-refractivity contribution in [3.8, 4) is 11.4 Å². The van der Waals surface area contributed by atoms with Gasteiger partial charge in [0.1, 0.15) is 22.8 Å². The standard InChI is InChI=1S/C21H21FN6OS/c1-13-11-15(3-4-17(13)22)18-25-20(29-26-18)14(2)27-6-8-28(9-7-27)19-16-5-10-30-21(16)24-12-23-19/h3-5,10-12,14H,6-9H2,1-2H3. The first-order valence-electron chi connectivity index (χ1n) is 9.87. The van der Waals surface area contributed by atoms with E-state index in [9.17, 15) is 4.39 Å². The fourth-order valence-corrected chi connectivity index (χ4v) is 4.54. The summed E-state index contributed by atoms with van der Waals surface area (Å²) in [6.45, 7) is 7.26. The summed E-state index contributed by atoms with van der Waals surface area (Å²) in [6, 6.07) is 6.93. The van der Waals surface area contributed by atoms with Crippen LogP contribution >= 0.6 is 11.3 Å². The molecule has 0 N–H and O–H groups in total. The van der Waals surface area contributed by atoms with Gasteiger partial charge in [0.05, 0.1) is 11.4 Å². The summed E-state index contributed by atoms with van der Waals surface area (Å²) in [6.07, 6.45) is 1.64. The monoisotopic (exact) mass is 424 g/mol. The van der Waals surface area contributed by atoms with Crippen LogP contribution in [0.2, 0.25) is 0 Å². The van der Waals surface area contributed by atoms with Crippen molar-refractivity contribution in [3.63, 3.8) is 0 Å². The molecular weight excluding hydrogens is 403 g/mol. The summed E-state index contributed by atoms with van der Waals surface area (Å²) in [5.41, 5.74) is 1.32. The van der Waals surface area contributed by atoms with E-state index in [4.69, 9.17) is 4.52 Å². The number of rotatable bonds is 4. The fourth-order valence-electron chi connectivity index (χ4n) is 3.81. The van der Waals surface area contributed by atoms with E-state index < -0.39 is 0 Å². The quantitative estimate of drug-likeness (QED) is 0.489. The Hall–Kier alpha value is -2.91. The molecule has 4 heterocycles. The minimum Gasteiger partial charge on any atom is -0.353 e. The Kier molecular flexibility index (Phi) is 4.92. The van der Waals surface area contributed by atoms with Crippen LogP contribution in [0.4, 0.5) is 10.2 Å². The van der Waals surface area contributed by atoms with Crippen molar-refractivity contribution in [3.05, 3.63) is 53.2 Å². The second-order valence-corrected chi connectivity index (χ2v) is 8.35. The van der Waals surface area contributed by atoms with Crippen molar-refractivity contribution >= 4 is 27.4 Å². The summed E-state index contributed by atoms with van der Waals surface area (Å²) in [5, 5.41) is 7.27. The van der Waals surface area contributed by atoms with Crippen LogP contribution in [0.1, 0.15) is 24.4 Å². The minimum absolute atomic E-state index is 0.00140.